The molecule has 0 bridgehead atoms. The minimum Gasteiger partial charge on any atom is -0.507 e. The molecule has 3 nitrogen and oxygen atoms in total. The van der Waals surface area contributed by atoms with Gasteiger partial charge in [0.05, 0.1) is 10.5 Å². The van der Waals surface area contributed by atoms with Gasteiger partial charge in [-0.15, -0.1) is 0 Å². The van der Waals surface area contributed by atoms with E-state index in [0.29, 0.717) is 12.0 Å². The van der Waals surface area contributed by atoms with Crippen LogP contribution in [0.5, 0.6) is 5.75 Å². The Hall–Kier alpha value is -1.94. The Morgan fingerprint density at radius 2 is 1.89 bits per heavy atom. The third-order valence-corrected chi connectivity index (χ3v) is 4.57. The van der Waals surface area contributed by atoms with E-state index in [9.17, 15) is 15.0 Å². The minimum atomic E-state index is -0.896. The molecule has 96 valence electrons. The molecule has 1 heterocycles. The molecule has 0 atom stereocenters. The van der Waals surface area contributed by atoms with Gasteiger partial charge in [-0.3, -0.25) is 0 Å². The zero-order valence-electron chi connectivity index (χ0n) is 10.1. The molecule has 3 rings (SSSR count). The van der Waals surface area contributed by atoms with Crippen LogP contribution in [0.3, 0.4) is 0 Å². The van der Waals surface area contributed by atoms with Crippen LogP contribution in [0.25, 0.3) is 0 Å². The predicted molar refractivity (Wildman–Crippen MR) is 73.0 cm³/mol. The third kappa shape index (κ3) is 2.08. The maximum Gasteiger partial charge on any atom is 0.336 e. The molecule has 0 amide bonds. The summed E-state index contributed by atoms with van der Waals surface area (Å²) in [6.07, 6.45) is 1.43. The molecule has 0 fully saturated rings. The number of hydrogen-bond donors (Lipinski definition) is 2. The van der Waals surface area contributed by atoms with E-state index in [1.54, 1.807) is 18.2 Å². The molecule has 2 N–H and O–H groups in total. The normalized spacial score (nSPS) is 13.3. The fourth-order valence-corrected chi connectivity index (χ4v) is 3.55. The maximum atomic E-state index is 11.3. The minimum absolute atomic E-state index is 0.260. The number of benzene rings is 2. The van der Waals surface area contributed by atoms with E-state index in [2.05, 4.69) is 0 Å². The molecule has 2 aromatic carbocycles. The van der Waals surface area contributed by atoms with Crippen LogP contribution in [0.1, 0.15) is 21.5 Å². The highest BCUT2D eigenvalue weighted by Crippen LogP contribution is 2.42. The Balaban J connectivity index is 2.15. The van der Waals surface area contributed by atoms with Crippen LogP contribution in [0.15, 0.2) is 46.2 Å². The first-order valence-corrected chi connectivity index (χ1v) is 6.82. The maximum absolute atomic E-state index is 11.3. The van der Waals surface area contributed by atoms with Gasteiger partial charge in [-0.2, -0.15) is 0 Å². The van der Waals surface area contributed by atoms with Crippen LogP contribution < -0.4 is 0 Å². The molecule has 0 unspecified atom stereocenters. The van der Waals surface area contributed by atoms with Crippen LogP contribution in [0, 0.1) is 0 Å². The number of aromatic carboxylic acids is 1. The van der Waals surface area contributed by atoms with Crippen molar-refractivity contribution in [2.24, 2.45) is 0 Å². The van der Waals surface area contributed by atoms with Crippen molar-refractivity contribution in [1.29, 1.82) is 0 Å². The van der Waals surface area contributed by atoms with E-state index in [4.69, 9.17) is 0 Å². The highest BCUT2D eigenvalue weighted by atomic mass is 32.2. The van der Waals surface area contributed by atoms with Gasteiger partial charge in [0.15, 0.2) is 0 Å². The molecule has 1 aliphatic heterocycles. The van der Waals surface area contributed by atoms with Gasteiger partial charge in [0, 0.05) is 4.90 Å². The summed E-state index contributed by atoms with van der Waals surface area (Å²) < 4.78 is 0. The van der Waals surface area contributed by atoms with Gasteiger partial charge >= 0.3 is 5.97 Å². The predicted octanol–water partition coefficient (Wildman–Crippen LogP) is 3.34. The molecule has 0 saturated carbocycles. The Bertz CT molecular complexity index is 664. The summed E-state index contributed by atoms with van der Waals surface area (Å²) in [4.78, 5) is 13.0. The van der Waals surface area contributed by atoms with E-state index in [0.717, 1.165) is 27.3 Å². The lowest BCUT2D eigenvalue weighted by Crippen LogP contribution is -2.04. The smallest absolute Gasteiger partial charge is 0.336 e. The quantitative estimate of drug-likeness (QED) is 0.836. The summed E-state index contributed by atoms with van der Waals surface area (Å²) in [6.45, 7) is 0. The van der Waals surface area contributed by atoms with Crippen molar-refractivity contribution >= 4 is 17.7 Å². The van der Waals surface area contributed by atoms with Crippen molar-refractivity contribution in [3.05, 3.63) is 53.1 Å². The molecule has 0 radical (unpaired) electrons. The summed E-state index contributed by atoms with van der Waals surface area (Å²) in [5.74, 6) is -0.635. The second kappa shape index (κ2) is 4.63. The van der Waals surface area contributed by atoms with Gasteiger partial charge in [-0.1, -0.05) is 30.0 Å². The zero-order valence-corrected chi connectivity index (χ0v) is 10.9. The van der Waals surface area contributed by atoms with Crippen molar-refractivity contribution < 1.29 is 15.0 Å². The number of carboxylic acid groups (broad SMARTS) is 1. The van der Waals surface area contributed by atoms with E-state index >= 15 is 0 Å². The third-order valence-electron chi connectivity index (χ3n) is 3.30. The second-order valence-electron chi connectivity index (χ2n) is 4.45. The fraction of sp³-hybridized carbons (Fsp3) is 0.133. The number of carboxylic acids is 1. The number of aryl methyl sites for hydroxylation is 1. The molecular weight excluding hydrogens is 260 g/mol. The van der Waals surface area contributed by atoms with Crippen LogP contribution in [-0.4, -0.2) is 16.2 Å². The van der Waals surface area contributed by atoms with Gasteiger partial charge < -0.3 is 10.2 Å². The molecule has 2 aromatic rings. The first kappa shape index (κ1) is 12.1. The highest BCUT2D eigenvalue weighted by Gasteiger charge is 2.20. The second-order valence-corrected chi connectivity index (χ2v) is 5.51. The lowest BCUT2D eigenvalue weighted by Gasteiger charge is -2.08. The SMILES string of the molecule is O=C(O)c1cccc2c1CCc1cccc(O)c1S2. The van der Waals surface area contributed by atoms with E-state index in [1.165, 1.54) is 11.8 Å². The van der Waals surface area contributed by atoms with E-state index < -0.39 is 5.97 Å². The largest absolute Gasteiger partial charge is 0.507 e. The van der Waals surface area contributed by atoms with Crippen molar-refractivity contribution in [3.8, 4) is 5.75 Å². The fourth-order valence-electron chi connectivity index (χ4n) is 2.38. The Labute approximate surface area is 114 Å². The summed E-state index contributed by atoms with van der Waals surface area (Å²) in [5.41, 5.74) is 2.28. The number of phenolic OH excluding ortho intramolecular Hbond substituents is 1. The molecule has 0 aliphatic carbocycles. The van der Waals surface area contributed by atoms with Crippen molar-refractivity contribution in [1.82, 2.24) is 0 Å². The molecule has 4 heteroatoms. The number of rotatable bonds is 1. The average Bonchev–Trinajstić information content (AvgIpc) is 2.58. The van der Waals surface area contributed by atoms with Gasteiger partial charge in [-0.25, -0.2) is 4.79 Å². The lowest BCUT2D eigenvalue weighted by molar-refractivity contribution is 0.0695. The topological polar surface area (TPSA) is 57.5 Å². The van der Waals surface area contributed by atoms with Crippen LogP contribution in [0.2, 0.25) is 0 Å². The molecule has 0 aromatic heterocycles. The summed E-state index contributed by atoms with van der Waals surface area (Å²) in [5, 5.41) is 19.2. The lowest BCUT2D eigenvalue weighted by atomic mass is 10.00. The first-order valence-electron chi connectivity index (χ1n) is 6.00. The summed E-state index contributed by atoms with van der Waals surface area (Å²) in [6, 6.07) is 10.8. The standard InChI is InChI=1S/C15H12O3S/c16-12-5-1-3-9-7-8-10-11(15(17)18)4-2-6-13(10)19-14(9)12/h1-6,16H,7-8H2,(H,17,18). The molecule has 19 heavy (non-hydrogen) atoms. The van der Waals surface area contributed by atoms with Gasteiger partial charge in [0.2, 0.25) is 0 Å². The molecule has 1 aliphatic rings. The van der Waals surface area contributed by atoms with E-state index in [-0.39, 0.29) is 5.75 Å². The van der Waals surface area contributed by atoms with Crippen LogP contribution in [-0.2, 0) is 12.8 Å². The first-order chi connectivity index (χ1) is 9.16. The van der Waals surface area contributed by atoms with Gasteiger partial charge in [0.25, 0.3) is 0 Å². The van der Waals surface area contributed by atoms with Gasteiger partial charge in [-0.05, 0) is 42.2 Å². The number of aromatic hydroxyl groups is 1. The summed E-state index contributed by atoms with van der Waals surface area (Å²) in [7, 11) is 0. The summed E-state index contributed by atoms with van der Waals surface area (Å²) >= 11 is 1.45. The number of phenols is 1. The zero-order chi connectivity index (χ0) is 13.4. The Morgan fingerprint density at radius 3 is 2.68 bits per heavy atom. The molecule has 0 spiro atoms. The van der Waals surface area contributed by atoms with Crippen molar-refractivity contribution in [2.45, 2.75) is 22.6 Å². The van der Waals surface area contributed by atoms with Crippen LogP contribution in [0.4, 0.5) is 0 Å². The van der Waals surface area contributed by atoms with Gasteiger partial charge in [0.1, 0.15) is 5.75 Å². The average molecular weight is 272 g/mol. The van der Waals surface area contributed by atoms with Crippen molar-refractivity contribution in [3.63, 3.8) is 0 Å². The number of carbonyl (C=O) groups is 1. The Morgan fingerprint density at radius 1 is 1.11 bits per heavy atom. The van der Waals surface area contributed by atoms with Crippen molar-refractivity contribution in [2.75, 3.05) is 0 Å². The Kier molecular flexibility index (Phi) is 2.95. The highest BCUT2D eigenvalue weighted by molar-refractivity contribution is 7.99. The number of fused-ring (bicyclic) bond motifs is 2. The molecule has 0 saturated heterocycles. The monoisotopic (exact) mass is 272 g/mol. The van der Waals surface area contributed by atoms with Crippen LogP contribution >= 0.6 is 11.8 Å². The number of hydrogen-bond acceptors (Lipinski definition) is 3. The molecular formula is C15H12O3S. The van der Waals surface area contributed by atoms with E-state index in [1.807, 2.05) is 18.2 Å².